The zero-order valence-corrected chi connectivity index (χ0v) is 29.6. The van der Waals surface area contributed by atoms with Crippen LogP contribution >= 0.6 is 0 Å². The number of alkyl carbamates (subject to hydrolysis) is 2. The SMILES string of the molecule is CC(C)(C)OC(=O)NC(Cc1ccccc1)C(O)C(=O)O.CC(C)(C)OC(=O)NC(Cc1ccccc1)C(O)C(=O)Oc1c(F)c(F)c(F)c(F)c1F. The number of nitrogens with one attached hydrogen (secondary N) is 2. The fraction of sp³-hybridized carbons (Fsp3) is 0.389. The summed E-state index contributed by atoms with van der Waals surface area (Å²) < 4.78 is 81.9. The van der Waals surface area contributed by atoms with Crippen LogP contribution in [0, 0.1) is 29.1 Å². The van der Waals surface area contributed by atoms with Gasteiger partial charge in [0.25, 0.3) is 0 Å². The van der Waals surface area contributed by atoms with Crippen LogP contribution in [0.1, 0.15) is 52.7 Å². The largest absolute Gasteiger partial charge is 0.479 e. The maximum Gasteiger partial charge on any atom is 0.407 e. The van der Waals surface area contributed by atoms with E-state index >= 15 is 0 Å². The predicted molar refractivity (Wildman–Crippen MR) is 178 cm³/mol. The first-order chi connectivity index (χ1) is 24.5. The number of aliphatic hydroxyl groups is 2. The first kappa shape index (κ1) is 43.9. The number of carbonyl (C=O) groups is 4. The minimum absolute atomic E-state index is 0.159. The Labute approximate surface area is 301 Å². The minimum Gasteiger partial charge on any atom is -0.479 e. The molecule has 5 N–H and O–H groups in total. The van der Waals surface area contributed by atoms with Crippen molar-refractivity contribution in [3.8, 4) is 5.75 Å². The van der Waals surface area contributed by atoms with E-state index in [2.05, 4.69) is 15.4 Å². The molecule has 0 spiro atoms. The van der Waals surface area contributed by atoms with Crippen molar-refractivity contribution in [1.82, 2.24) is 10.6 Å². The standard InChI is InChI=1S/C21H20F5NO5.C15H21NO5/c1-21(2,3)32-20(30)27-11(9-10-7-5-4-6-8-10)17(28)19(29)31-18-15(25)13(23)12(22)14(24)16(18)26;1-15(2,3)21-14(20)16-11(12(17)13(18)19)9-10-7-5-4-6-8-10/h4-8,11,17,28H,9H2,1-3H3,(H,27,30);4-8,11-12,17H,9H2,1-3H3,(H,16,20)(H,18,19). The fourth-order valence-electron chi connectivity index (χ4n) is 4.31. The van der Waals surface area contributed by atoms with E-state index in [0.717, 1.165) is 5.56 Å². The summed E-state index contributed by atoms with van der Waals surface area (Å²) in [5.74, 6) is -16.9. The third-order valence-electron chi connectivity index (χ3n) is 6.63. The summed E-state index contributed by atoms with van der Waals surface area (Å²) >= 11 is 0. The number of ether oxygens (including phenoxy) is 3. The maximum atomic E-state index is 13.8. The van der Waals surface area contributed by atoms with Crippen molar-refractivity contribution < 1.29 is 70.7 Å². The second-order valence-corrected chi connectivity index (χ2v) is 13.4. The van der Waals surface area contributed by atoms with Gasteiger partial charge in [-0.05, 0) is 65.5 Å². The molecule has 0 heterocycles. The van der Waals surface area contributed by atoms with E-state index < -0.39 is 94.5 Å². The second-order valence-electron chi connectivity index (χ2n) is 13.4. The zero-order valence-electron chi connectivity index (χ0n) is 29.6. The van der Waals surface area contributed by atoms with E-state index in [1.807, 2.05) is 6.07 Å². The normalized spacial score (nSPS) is 13.6. The van der Waals surface area contributed by atoms with Crippen LogP contribution in [-0.2, 0) is 31.9 Å². The van der Waals surface area contributed by atoms with Crippen molar-refractivity contribution in [2.75, 3.05) is 0 Å². The van der Waals surface area contributed by atoms with Crippen molar-refractivity contribution >= 4 is 24.1 Å². The van der Waals surface area contributed by atoms with Gasteiger partial charge in [-0.3, -0.25) is 0 Å². The molecule has 0 aliphatic rings. The number of halogens is 5. The van der Waals surface area contributed by atoms with Gasteiger partial charge in [0.05, 0.1) is 12.1 Å². The summed E-state index contributed by atoms with van der Waals surface area (Å²) in [6.45, 7) is 9.79. The number of hydrogen-bond acceptors (Lipinski definition) is 9. The molecule has 4 atom stereocenters. The van der Waals surface area contributed by atoms with Crippen LogP contribution in [0.25, 0.3) is 0 Å². The average molecular weight is 757 g/mol. The highest BCUT2D eigenvalue weighted by molar-refractivity contribution is 5.79. The summed E-state index contributed by atoms with van der Waals surface area (Å²) in [5, 5.41) is 33.7. The Morgan fingerprint density at radius 3 is 1.28 bits per heavy atom. The molecule has 290 valence electrons. The molecular weight excluding hydrogens is 715 g/mol. The zero-order chi connectivity index (χ0) is 40.3. The van der Waals surface area contributed by atoms with Crippen molar-refractivity contribution in [1.29, 1.82) is 0 Å². The summed E-state index contributed by atoms with van der Waals surface area (Å²) in [6, 6.07) is 14.8. The van der Waals surface area contributed by atoms with Gasteiger partial charge < -0.3 is 40.2 Å². The van der Waals surface area contributed by atoms with Crippen LogP contribution in [0.15, 0.2) is 60.7 Å². The molecule has 0 radical (unpaired) electrons. The van der Waals surface area contributed by atoms with Crippen LogP contribution in [0.2, 0.25) is 0 Å². The van der Waals surface area contributed by atoms with Crippen LogP contribution < -0.4 is 15.4 Å². The van der Waals surface area contributed by atoms with Crippen molar-refractivity contribution in [2.45, 2.75) is 89.9 Å². The molecule has 53 heavy (non-hydrogen) atoms. The molecule has 0 saturated heterocycles. The van der Waals surface area contributed by atoms with Gasteiger partial charge in [-0.25, -0.2) is 32.3 Å². The molecule has 4 unspecified atom stereocenters. The first-order valence-electron chi connectivity index (χ1n) is 15.9. The Bertz CT molecular complexity index is 1690. The van der Waals surface area contributed by atoms with Crippen LogP contribution in [0.4, 0.5) is 31.5 Å². The fourth-order valence-corrected chi connectivity index (χ4v) is 4.31. The van der Waals surface area contributed by atoms with E-state index in [1.54, 1.807) is 96.1 Å². The molecule has 3 aromatic rings. The molecule has 12 nitrogen and oxygen atoms in total. The van der Waals surface area contributed by atoms with Crippen LogP contribution in [0.5, 0.6) is 5.75 Å². The van der Waals surface area contributed by atoms with Gasteiger partial charge in [-0.2, -0.15) is 8.78 Å². The lowest BCUT2D eigenvalue weighted by Crippen LogP contribution is -2.50. The highest BCUT2D eigenvalue weighted by atomic mass is 19.2. The average Bonchev–Trinajstić information content (AvgIpc) is 3.06. The van der Waals surface area contributed by atoms with Gasteiger partial charge >= 0.3 is 24.1 Å². The van der Waals surface area contributed by atoms with Crippen molar-refractivity contribution in [3.63, 3.8) is 0 Å². The number of hydrogen-bond donors (Lipinski definition) is 5. The number of aliphatic hydroxyl groups excluding tert-OH is 2. The summed E-state index contributed by atoms with van der Waals surface area (Å²) in [5.41, 5.74) is -0.284. The van der Waals surface area contributed by atoms with Gasteiger partial charge in [-0.15, -0.1) is 0 Å². The molecular formula is C36H41F5N2O10. The third kappa shape index (κ3) is 14.3. The molecule has 0 saturated carbocycles. The molecule has 0 aromatic heterocycles. The highest BCUT2D eigenvalue weighted by Gasteiger charge is 2.35. The van der Waals surface area contributed by atoms with Crippen LogP contribution in [-0.4, -0.2) is 74.9 Å². The van der Waals surface area contributed by atoms with E-state index in [4.69, 9.17) is 14.6 Å². The number of amides is 2. The molecule has 0 aliphatic heterocycles. The Morgan fingerprint density at radius 1 is 0.604 bits per heavy atom. The second kappa shape index (κ2) is 19.0. The Morgan fingerprint density at radius 2 is 0.943 bits per heavy atom. The van der Waals surface area contributed by atoms with E-state index in [1.165, 1.54) is 0 Å². The number of aliphatic carboxylic acids is 1. The Balaban J connectivity index is 0.000000401. The van der Waals surface area contributed by atoms with Gasteiger partial charge in [0.15, 0.2) is 12.2 Å². The quantitative estimate of drug-likeness (QED) is 0.0563. The minimum atomic E-state index is -2.44. The molecule has 3 aromatic carbocycles. The molecule has 3 rings (SSSR count). The lowest BCUT2D eigenvalue weighted by Gasteiger charge is -2.26. The van der Waals surface area contributed by atoms with Gasteiger partial charge in [0.1, 0.15) is 11.2 Å². The number of carbonyl (C=O) groups excluding carboxylic acids is 3. The highest BCUT2D eigenvalue weighted by Crippen LogP contribution is 2.29. The number of carboxylic acids is 1. The maximum absolute atomic E-state index is 13.8. The molecule has 2 amide bonds. The van der Waals surface area contributed by atoms with Crippen molar-refractivity contribution in [2.24, 2.45) is 0 Å². The first-order valence-corrected chi connectivity index (χ1v) is 15.9. The monoisotopic (exact) mass is 756 g/mol. The number of rotatable bonds is 11. The van der Waals surface area contributed by atoms with E-state index in [9.17, 15) is 51.3 Å². The molecule has 17 heteroatoms. The Hall–Kier alpha value is -5.29. The molecule has 0 aliphatic carbocycles. The number of esters is 1. The third-order valence-corrected chi connectivity index (χ3v) is 6.63. The predicted octanol–water partition coefficient (Wildman–Crippen LogP) is 5.35. The van der Waals surface area contributed by atoms with Crippen molar-refractivity contribution in [3.05, 3.63) is 101 Å². The topological polar surface area (TPSA) is 181 Å². The lowest BCUT2D eigenvalue weighted by atomic mass is 10.0. The lowest BCUT2D eigenvalue weighted by molar-refractivity contribution is -0.148. The van der Waals surface area contributed by atoms with Crippen LogP contribution in [0.3, 0.4) is 0 Å². The molecule has 0 bridgehead atoms. The van der Waals surface area contributed by atoms with Gasteiger partial charge in [0, 0.05) is 0 Å². The number of carboxylic acid groups (broad SMARTS) is 1. The summed E-state index contributed by atoms with van der Waals surface area (Å²) in [4.78, 5) is 47.1. The van der Waals surface area contributed by atoms with Gasteiger partial charge in [-0.1, -0.05) is 60.7 Å². The Kier molecular flexibility index (Phi) is 15.7. The van der Waals surface area contributed by atoms with E-state index in [-0.39, 0.29) is 12.8 Å². The smallest absolute Gasteiger partial charge is 0.407 e. The van der Waals surface area contributed by atoms with Gasteiger partial charge in [0.2, 0.25) is 34.8 Å². The summed E-state index contributed by atoms with van der Waals surface area (Å²) in [7, 11) is 0. The summed E-state index contributed by atoms with van der Waals surface area (Å²) in [6.07, 6.45) is -5.72. The van der Waals surface area contributed by atoms with E-state index in [0.29, 0.717) is 5.56 Å². The molecule has 0 fully saturated rings. The number of benzene rings is 3.